The second kappa shape index (κ2) is 5.35. The molecular formula is C14H12FN5O. The molecule has 1 heterocycles. The summed E-state index contributed by atoms with van der Waals surface area (Å²) >= 11 is 0. The molecule has 106 valence electrons. The van der Waals surface area contributed by atoms with Crippen LogP contribution in [0.1, 0.15) is 25.3 Å². The van der Waals surface area contributed by atoms with Crippen LogP contribution < -0.4 is 4.74 Å². The molecule has 0 bridgehead atoms. The topological polar surface area (TPSA) is 86.7 Å². The number of hydrogen-bond acceptors (Lipinski definition) is 3. The lowest BCUT2D eigenvalue weighted by Crippen LogP contribution is -2.05. The normalized spacial score (nSPS) is 21.0. The first-order valence-corrected chi connectivity index (χ1v) is 6.63. The summed E-state index contributed by atoms with van der Waals surface area (Å²) < 4.78 is 20.3. The molecule has 1 saturated carbocycles. The minimum absolute atomic E-state index is 0.0155. The van der Waals surface area contributed by atoms with Gasteiger partial charge in [-0.25, -0.2) is 4.39 Å². The molecule has 3 rings (SSSR count). The van der Waals surface area contributed by atoms with Gasteiger partial charge in [0, 0.05) is 28.6 Å². The largest absolute Gasteiger partial charge is 0.386 e. The number of hydrogen-bond donors (Lipinski definition) is 0. The van der Waals surface area contributed by atoms with Crippen LogP contribution in [0.15, 0.2) is 29.5 Å². The molecule has 1 aliphatic carbocycles. The molecule has 0 unspecified atom stereocenters. The highest BCUT2D eigenvalue weighted by Gasteiger charge is 2.27. The van der Waals surface area contributed by atoms with Crippen LogP contribution in [0.3, 0.4) is 0 Å². The number of nitrogens with zero attached hydrogens (tertiary/aromatic N) is 5. The zero-order valence-electron chi connectivity index (χ0n) is 11.1. The third-order valence-corrected chi connectivity index (χ3v) is 3.90. The molecule has 7 heteroatoms. The summed E-state index contributed by atoms with van der Waals surface area (Å²) in [5.74, 6) is -0.0272. The van der Waals surface area contributed by atoms with Crippen LogP contribution in [0.25, 0.3) is 21.3 Å². The maximum atomic E-state index is 13.4. The Balaban J connectivity index is 2.03. The van der Waals surface area contributed by atoms with Gasteiger partial charge in [0.1, 0.15) is 5.82 Å². The van der Waals surface area contributed by atoms with E-state index in [-0.39, 0.29) is 17.9 Å². The fourth-order valence-corrected chi connectivity index (χ4v) is 2.99. The summed E-state index contributed by atoms with van der Waals surface area (Å²) in [5.41, 5.74) is 9.33. The Morgan fingerprint density at radius 3 is 3.10 bits per heavy atom. The molecule has 6 nitrogen and oxygen atoms in total. The predicted octanol–water partition coefficient (Wildman–Crippen LogP) is 4.04. The van der Waals surface area contributed by atoms with Crippen molar-refractivity contribution in [2.45, 2.75) is 31.3 Å². The lowest BCUT2D eigenvalue weighted by molar-refractivity contribution is 0.491. The van der Waals surface area contributed by atoms with Crippen molar-refractivity contribution in [1.82, 2.24) is 4.57 Å². The molecule has 0 aliphatic heterocycles. The zero-order chi connectivity index (χ0) is 14.8. The standard InChI is InChI=1S/C14H12FN5O/c15-9-1-4-13-12(5-9)14(21-8-16)7-20(13)11-3-2-10(6-11)18-19-17/h1,4-5,7,10-11H,2-3,6H2/t10-,11-/m0/s1. The van der Waals surface area contributed by atoms with Crippen LogP contribution in [-0.2, 0) is 0 Å². The summed E-state index contributed by atoms with van der Waals surface area (Å²) in [4.78, 5) is 2.85. The maximum absolute atomic E-state index is 13.4. The van der Waals surface area contributed by atoms with Crippen molar-refractivity contribution in [3.8, 4) is 12.0 Å². The quantitative estimate of drug-likeness (QED) is 0.368. The molecule has 0 amide bonds. The second-order valence-electron chi connectivity index (χ2n) is 5.08. The van der Waals surface area contributed by atoms with Gasteiger partial charge in [0.25, 0.3) is 6.26 Å². The first kappa shape index (κ1) is 13.3. The molecule has 0 N–H and O–H groups in total. The highest BCUT2D eigenvalue weighted by Crippen LogP contribution is 2.38. The van der Waals surface area contributed by atoms with E-state index in [1.165, 1.54) is 12.1 Å². The van der Waals surface area contributed by atoms with E-state index in [1.807, 2.05) is 4.57 Å². The highest BCUT2D eigenvalue weighted by molar-refractivity contribution is 5.87. The number of benzene rings is 1. The van der Waals surface area contributed by atoms with Crippen LogP contribution >= 0.6 is 0 Å². The van der Waals surface area contributed by atoms with Crippen LogP contribution in [0.4, 0.5) is 4.39 Å². The molecule has 2 atom stereocenters. The molecule has 21 heavy (non-hydrogen) atoms. The van der Waals surface area contributed by atoms with E-state index in [4.69, 9.17) is 15.5 Å². The van der Waals surface area contributed by atoms with Crippen molar-refractivity contribution in [1.29, 1.82) is 5.26 Å². The molecule has 1 aliphatic rings. The number of rotatable bonds is 3. The Labute approximate surface area is 120 Å². The molecule has 0 radical (unpaired) electrons. The fourth-order valence-electron chi connectivity index (χ4n) is 2.99. The van der Waals surface area contributed by atoms with Gasteiger partial charge in [-0.2, -0.15) is 0 Å². The Kier molecular flexibility index (Phi) is 3.38. The fraction of sp³-hybridized carbons (Fsp3) is 0.357. The van der Waals surface area contributed by atoms with E-state index in [0.29, 0.717) is 11.1 Å². The SMILES string of the molecule is N#COc1cn([C@H]2CC[C@H](N=[N+]=[N-])C2)c2ccc(F)cc12. The smallest absolute Gasteiger partial charge is 0.292 e. The number of fused-ring (bicyclic) bond motifs is 1. The third kappa shape index (κ3) is 2.37. The number of aromatic nitrogens is 1. The Hall–Kier alpha value is -2.71. The van der Waals surface area contributed by atoms with Crippen molar-refractivity contribution in [2.75, 3.05) is 0 Å². The van der Waals surface area contributed by atoms with Crippen LogP contribution in [0.2, 0.25) is 0 Å². The number of halogens is 1. The monoisotopic (exact) mass is 285 g/mol. The van der Waals surface area contributed by atoms with E-state index in [0.717, 1.165) is 24.8 Å². The van der Waals surface area contributed by atoms with Crippen molar-refractivity contribution >= 4 is 10.9 Å². The third-order valence-electron chi connectivity index (χ3n) is 3.90. The highest BCUT2D eigenvalue weighted by atomic mass is 19.1. The summed E-state index contributed by atoms with van der Waals surface area (Å²) in [7, 11) is 0. The molecule has 1 aromatic carbocycles. The van der Waals surface area contributed by atoms with Crippen molar-refractivity contribution in [3.63, 3.8) is 0 Å². The molecular weight excluding hydrogens is 273 g/mol. The first-order valence-electron chi connectivity index (χ1n) is 6.63. The summed E-state index contributed by atoms with van der Waals surface area (Å²) in [6, 6.07) is 4.56. The van der Waals surface area contributed by atoms with E-state index in [2.05, 4.69) is 10.0 Å². The lowest BCUT2D eigenvalue weighted by atomic mass is 10.2. The molecule has 1 aromatic heterocycles. The van der Waals surface area contributed by atoms with Gasteiger partial charge >= 0.3 is 0 Å². The van der Waals surface area contributed by atoms with Gasteiger partial charge in [0.05, 0.1) is 5.52 Å². The van der Waals surface area contributed by atoms with E-state index < -0.39 is 0 Å². The van der Waals surface area contributed by atoms with Gasteiger partial charge in [-0.05, 0) is 43.0 Å². The van der Waals surface area contributed by atoms with Gasteiger partial charge in [-0.1, -0.05) is 5.11 Å². The van der Waals surface area contributed by atoms with Crippen LogP contribution in [0, 0.1) is 17.3 Å². The minimum atomic E-state index is -0.374. The van der Waals surface area contributed by atoms with Gasteiger partial charge in [-0.15, -0.1) is 5.26 Å². The van der Waals surface area contributed by atoms with Gasteiger partial charge in [0.2, 0.25) is 0 Å². The van der Waals surface area contributed by atoms with Crippen LogP contribution in [-0.4, -0.2) is 10.6 Å². The summed E-state index contributed by atoms with van der Waals surface area (Å²) in [5, 5.41) is 13.0. The predicted molar refractivity (Wildman–Crippen MR) is 74.0 cm³/mol. The average Bonchev–Trinajstić information content (AvgIpc) is 3.05. The molecule has 0 saturated heterocycles. The van der Waals surface area contributed by atoms with Crippen molar-refractivity contribution in [3.05, 3.63) is 40.7 Å². The van der Waals surface area contributed by atoms with Crippen LogP contribution in [0.5, 0.6) is 5.75 Å². The number of azide groups is 1. The minimum Gasteiger partial charge on any atom is -0.386 e. The Bertz CT molecular complexity index is 771. The Morgan fingerprint density at radius 2 is 2.33 bits per heavy atom. The average molecular weight is 285 g/mol. The van der Waals surface area contributed by atoms with Gasteiger partial charge in [0.15, 0.2) is 5.75 Å². The zero-order valence-corrected chi connectivity index (χ0v) is 11.1. The van der Waals surface area contributed by atoms with E-state index >= 15 is 0 Å². The van der Waals surface area contributed by atoms with Gasteiger partial charge in [-0.3, -0.25) is 0 Å². The molecule has 1 fully saturated rings. The van der Waals surface area contributed by atoms with Crippen molar-refractivity contribution in [2.24, 2.45) is 5.11 Å². The van der Waals surface area contributed by atoms with E-state index in [9.17, 15) is 4.39 Å². The van der Waals surface area contributed by atoms with Gasteiger partial charge < -0.3 is 9.30 Å². The summed E-state index contributed by atoms with van der Waals surface area (Å²) in [6.07, 6.45) is 5.77. The van der Waals surface area contributed by atoms with Crippen molar-refractivity contribution < 1.29 is 9.13 Å². The molecule has 2 aromatic rings. The lowest BCUT2D eigenvalue weighted by Gasteiger charge is -2.13. The Morgan fingerprint density at radius 1 is 1.48 bits per heavy atom. The second-order valence-corrected chi connectivity index (χ2v) is 5.08. The summed E-state index contributed by atoms with van der Waals surface area (Å²) in [6.45, 7) is 0. The number of nitriles is 1. The molecule has 0 spiro atoms. The first-order chi connectivity index (χ1) is 10.2. The van der Waals surface area contributed by atoms with E-state index in [1.54, 1.807) is 18.5 Å². The maximum Gasteiger partial charge on any atom is 0.292 e. The number of ether oxygens (including phenoxy) is 1.